The summed E-state index contributed by atoms with van der Waals surface area (Å²) in [7, 11) is -3.39. The first kappa shape index (κ1) is 13.3. The van der Waals surface area contributed by atoms with Gasteiger partial charge < -0.3 is 4.74 Å². The molecular formula is C12H18N2O3S. The molecule has 0 radical (unpaired) electrons. The van der Waals surface area contributed by atoms with Crippen LogP contribution < -0.4 is 4.74 Å². The molecular weight excluding hydrogens is 252 g/mol. The number of sulfonamides is 1. The van der Waals surface area contributed by atoms with Crippen LogP contribution in [0.1, 0.15) is 20.3 Å². The van der Waals surface area contributed by atoms with E-state index in [1.807, 2.05) is 6.92 Å². The lowest BCUT2D eigenvalue weighted by atomic mass is 10.2. The van der Waals surface area contributed by atoms with E-state index >= 15 is 0 Å². The minimum Gasteiger partial charge on any atom is -0.478 e. The molecule has 1 atom stereocenters. The van der Waals surface area contributed by atoms with E-state index in [2.05, 4.69) is 11.9 Å². The van der Waals surface area contributed by atoms with Crippen molar-refractivity contribution in [3.63, 3.8) is 0 Å². The van der Waals surface area contributed by atoms with Crippen molar-refractivity contribution in [3.8, 4) is 5.88 Å². The highest BCUT2D eigenvalue weighted by Gasteiger charge is 2.30. The molecule has 0 N–H and O–H groups in total. The molecule has 18 heavy (non-hydrogen) atoms. The highest BCUT2D eigenvalue weighted by molar-refractivity contribution is 7.89. The quantitative estimate of drug-likeness (QED) is 0.832. The summed E-state index contributed by atoms with van der Waals surface area (Å²) in [5.74, 6) is 0.877. The summed E-state index contributed by atoms with van der Waals surface area (Å²) < 4.78 is 31.3. The second-order valence-electron chi connectivity index (χ2n) is 4.52. The first-order chi connectivity index (χ1) is 8.54. The maximum Gasteiger partial charge on any atom is 0.244 e. The molecule has 0 amide bonds. The largest absolute Gasteiger partial charge is 0.478 e. The molecule has 1 fully saturated rings. The number of hydrogen-bond acceptors (Lipinski definition) is 4. The van der Waals surface area contributed by atoms with Gasteiger partial charge in [0.05, 0.1) is 12.8 Å². The molecule has 0 bridgehead atoms. The maximum atomic E-state index is 12.3. The van der Waals surface area contributed by atoms with Crippen LogP contribution in [0.25, 0.3) is 0 Å². The van der Waals surface area contributed by atoms with E-state index in [1.165, 1.54) is 10.5 Å². The van der Waals surface area contributed by atoms with Gasteiger partial charge in [-0.05, 0) is 25.3 Å². The Hall–Kier alpha value is -1.14. The third-order valence-corrected chi connectivity index (χ3v) is 4.87. The normalized spacial score (nSPS) is 21.1. The lowest BCUT2D eigenvalue weighted by Gasteiger charge is -2.15. The Labute approximate surface area is 108 Å². The van der Waals surface area contributed by atoms with E-state index in [9.17, 15) is 8.42 Å². The molecule has 6 heteroatoms. The summed E-state index contributed by atoms with van der Waals surface area (Å²) in [6.07, 6.45) is 2.28. The third-order valence-electron chi connectivity index (χ3n) is 3.03. The Morgan fingerprint density at radius 3 is 2.78 bits per heavy atom. The van der Waals surface area contributed by atoms with Crippen LogP contribution in [-0.4, -0.2) is 37.4 Å². The fourth-order valence-corrected chi connectivity index (χ4v) is 3.54. The SMILES string of the molecule is CCOc1ccc(S(=O)(=O)N2CC[C@H](C)C2)cn1. The zero-order chi connectivity index (χ0) is 13.2. The first-order valence-electron chi connectivity index (χ1n) is 6.13. The minimum atomic E-state index is -3.39. The van der Waals surface area contributed by atoms with Crippen molar-refractivity contribution in [2.45, 2.75) is 25.2 Å². The van der Waals surface area contributed by atoms with Crippen molar-refractivity contribution in [3.05, 3.63) is 18.3 Å². The number of hydrogen-bond donors (Lipinski definition) is 0. The van der Waals surface area contributed by atoms with Gasteiger partial charge in [-0.15, -0.1) is 0 Å². The van der Waals surface area contributed by atoms with Gasteiger partial charge in [0.2, 0.25) is 15.9 Å². The smallest absolute Gasteiger partial charge is 0.244 e. The average molecular weight is 270 g/mol. The molecule has 1 aliphatic heterocycles. The second kappa shape index (κ2) is 5.24. The minimum absolute atomic E-state index is 0.236. The van der Waals surface area contributed by atoms with Crippen molar-refractivity contribution < 1.29 is 13.2 Å². The summed E-state index contributed by atoms with van der Waals surface area (Å²) in [4.78, 5) is 4.23. The van der Waals surface area contributed by atoms with Crippen molar-refractivity contribution in [2.75, 3.05) is 19.7 Å². The molecule has 0 spiro atoms. The fourth-order valence-electron chi connectivity index (χ4n) is 2.01. The van der Waals surface area contributed by atoms with E-state index in [-0.39, 0.29) is 4.90 Å². The van der Waals surface area contributed by atoms with Gasteiger partial charge in [-0.3, -0.25) is 0 Å². The molecule has 0 aliphatic carbocycles. The third kappa shape index (κ3) is 2.64. The average Bonchev–Trinajstić information content (AvgIpc) is 2.78. The summed E-state index contributed by atoms with van der Waals surface area (Å²) >= 11 is 0. The van der Waals surface area contributed by atoms with Gasteiger partial charge in [0.1, 0.15) is 4.90 Å². The summed E-state index contributed by atoms with van der Waals surface area (Å²) in [6, 6.07) is 3.15. The molecule has 1 aliphatic rings. The second-order valence-corrected chi connectivity index (χ2v) is 6.46. The molecule has 2 rings (SSSR count). The molecule has 5 nitrogen and oxygen atoms in total. The van der Waals surface area contributed by atoms with Crippen molar-refractivity contribution in [1.29, 1.82) is 0 Å². The molecule has 0 unspecified atom stereocenters. The first-order valence-corrected chi connectivity index (χ1v) is 7.57. The Morgan fingerprint density at radius 1 is 1.50 bits per heavy atom. The van der Waals surface area contributed by atoms with Crippen LogP contribution in [0.15, 0.2) is 23.2 Å². The Bertz CT molecular complexity index is 499. The number of ether oxygens (including phenoxy) is 1. The summed E-state index contributed by atoms with van der Waals surface area (Å²) in [5, 5.41) is 0. The Balaban J connectivity index is 2.19. The van der Waals surface area contributed by atoms with Crippen molar-refractivity contribution >= 4 is 10.0 Å². The van der Waals surface area contributed by atoms with E-state index in [4.69, 9.17) is 4.74 Å². The number of nitrogens with zero attached hydrogens (tertiary/aromatic N) is 2. The zero-order valence-electron chi connectivity index (χ0n) is 10.7. The highest BCUT2D eigenvalue weighted by Crippen LogP contribution is 2.24. The Kier molecular flexibility index (Phi) is 3.87. The molecule has 100 valence electrons. The van der Waals surface area contributed by atoms with Gasteiger partial charge in [-0.2, -0.15) is 4.31 Å². The van der Waals surface area contributed by atoms with E-state index < -0.39 is 10.0 Å². The van der Waals surface area contributed by atoms with Crippen LogP contribution >= 0.6 is 0 Å². The summed E-state index contributed by atoms with van der Waals surface area (Å²) in [5.41, 5.74) is 0. The number of rotatable bonds is 4. The molecule has 0 saturated carbocycles. The van der Waals surface area contributed by atoms with E-state index in [0.717, 1.165) is 6.42 Å². The van der Waals surface area contributed by atoms with Gasteiger partial charge in [0.25, 0.3) is 0 Å². The molecule has 1 aromatic heterocycles. The summed E-state index contributed by atoms with van der Waals surface area (Å²) in [6.45, 7) is 5.62. The Morgan fingerprint density at radius 2 is 2.28 bits per heavy atom. The van der Waals surface area contributed by atoms with Gasteiger partial charge >= 0.3 is 0 Å². The van der Waals surface area contributed by atoms with Crippen LogP contribution in [0.2, 0.25) is 0 Å². The van der Waals surface area contributed by atoms with Gasteiger partial charge in [0.15, 0.2) is 0 Å². The maximum absolute atomic E-state index is 12.3. The van der Waals surface area contributed by atoms with Crippen LogP contribution in [0.4, 0.5) is 0 Å². The monoisotopic (exact) mass is 270 g/mol. The van der Waals surface area contributed by atoms with Crippen molar-refractivity contribution in [2.24, 2.45) is 5.92 Å². The number of pyridine rings is 1. The van der Waals surface area contributed by atoms with Gasteiger partial charge in [-0.25, -0.2) is 13.4 Å². The van der Waals surface area contributed by atoms with E-state index in [1.54, 1.807) is 12.1 Å². The zero-order valence-corrected chi connectivity index (χ0v) is 11.5. The standard InChI is InChI=1S/C12H18N2O3S/c1-3-17-12-5-4-11(8-13-12)18(15,16)14-7-6-10(2)9-14/h4-5,8,10H,3,6-7,9H2,1-2H3/t10-/m0/s1. The van der Waals surface area contributed by atoms with Crippen LogP contribution in [0.3, 0.4) is 0 Å². The predicted molar refractivity (Wildman–Crippen MR) is 67.9 cm³/mol. The number of aromatic nitrogens is 1. The van der Waals surface area contributed by atoms with Crippen LogP contribution in [-0.2, 0) is 10.0 Å². The van der Waals surface area contributed by atoms with Crippen molar-refractivity contribution in [1.82, 2.24) is 9.29 Å². The molecule has 1 aromatic rings. The predicted octanol–water partition coefficient (Wildman–Crippen LogP) is 1.51. The molecule has 1 saturated heterocycles. The topological polar surface area (TPSA) is 59.5 Å². The van der Waals surface area contributed by atoms with Gasteiger partial charge in [0, 0.05) is 19.2 Å². The molecule has 2 heterocycles. The lowest BCUT2D eigenvalue weighted by molar-refractivity contribution is 0.326. The molecule has 0 aromatic carbocycles. The van der Waals surface area contributed by atoms with Gasteiger partial charge in [-0.1, -0.05) is 6.92 Å². The van der Waals surface area contributed by atoms with Crippen LogP contribution in [0.5, 0.6) is 5.88 Å². The fraction of sp³-hybridized carbons (Fsp3) is 0.583. The van der Waals surface area contributed by atoms with E-state index in [0.29, 0.717) is 31.5 Å². The van der Waals surface area contributed by atoms with Crippen LogP contribution in [0, 0.1) is 5.92 Å². The highest BCUT2D eigenvalue weighted by atomic mass is 32.2. The lowest BCUT2D eigenvalue weighted by Crippen LogP contribution is -2.28.